The summed E-state index contributed by atoms with van der Waals surface area (Å²) in [5.74, 6) is 0.755. The van der Waals surface area contributed by atoms with Crippen LogP contribution in [0, 0.1) is 5.92 Å². The molecule has 1 aromatic rings. The van der Waals surface area contributed by atoms with E-state index < -0.39 is 0 Å². The molecule has 0 bridgehead atoms. The Hall–Kier alpha value is -1.55. The van der Waals surface area contributed by atoms with Crippen molar-refractivity contribution in [3.8, 4) is 0 Å². The lowest BCUT2D eigenvalue weighted by atomic mass is 9.97. The first-order chi connectivity index (χ1) is 11.2. The molecule has 4 heteroatoms. The van der Waals surface area contributed by atoms with Crippen LogP contribution in [0.4, 0.5) is 5.69 Å². The van der Waals surface area contributed by atoms with E-state index in [9.17, 15) is 4.79 Å². The number of likely N-dealkylation sites (tertiary alicyclic amines) is 1. The summed E-state index contributed by atoms with van der Waals surface area (Å²) in [6, 6.07) is 8.08. The van der Waals surface area contributed by atoms with Gasteiger partial charge in [0.1, 0.15) is 0 Å². The van der Waals surface area contributed by atoms with Gasteiger partial charge in [-0.3, -0.25) is 4.79 Å². The minimum atomic E-state index is 0.175. The Morgan fingerprint density at radius 1 is 1.35 bits per heavy atom. The molecule has 4 nitrogen and oxygen atoms in total. The number of piperidine rings is 1. The topological polar surface area (TPSA) is 35.6 Å². The van der Waals surface area contributed by atoms with E-state index in [1.165, 1.54) is 24.9 Å². The summed E-state index contributed by atoms with van der Waals surface area (Å²) in [7, 11) is 4.09. The molecule has 1 aliphatic rings. The number of amides is 1. The summed E-state index contributed by atoms with van der Waals surface area (Å²) >= 11 is 0. The van der Waals surface area contributed by atoms with Crippen LogP contribution in [0.1, 0.15) is 43.0 Å². The van der Waals surface area contributed by atoms with E-state index in [0.717, 1.165) is 38.2 Å². The fourth-order valence-electron chi connectivity index (χ4n) is 3.27. The molecule has 2 rings (SSSR count). The van der Waals surface area contributed by atoms with E-state index in [1.54, 1.807) is 0 Å². The van der Waals surface area contributed by atoms with Crippen molar-refractivity contribution < 1.29 is 4.79 Å². The maximum atomic E-state index is 12.7. The first-order valence-electron chi connectivity index (χ1n) is 8.90. The van der Waals surface area contributed by atoms with E-state index in [2.05, 4.69) is 36.3 Å². The lowest BCUT2D eigenvalue weighted by Gasteiger charge is -2.33. The number of nitrogens with zero attached hydrogens (tertiary/aromatic N) is 2. The van der Waals surface area contributed by atoms with Gasteiger partial charge < -0.3 is 15.1 Å². The van der Waals surface area contributed by atoms with Crippen LogP contribution < -0.4 is 10.2 Å². The van der Waals surface area contributed by atoms with Crippen LogP contribution in [0.15, 0.2) is 24.3 Å². The molecule has 1 aliphatic heterocycles. The van der Waals surface area contributed by atoms with Crippen molar-refractivity contribution >= 4 is 11.6 Å². The van der Waals surface area contributed by atoms with Gasteiger partial charge >= 0.3 is 0 Å². The zero-order valence-corrected chi connectivity index (χ0v) is 14.8. The van der Waals surface area contributed by atoms with Crippen molar-refractivity contribution in [3.05, 3.63) is 29.8 Å². The molecule has 1 aromatic carbocycles. The van der Waals surface area contributed by atoms with E-state index in [-0.39, 0.29) is 5.91 Å². The van der Waals surface area contributed by atoms with Crippen molar-refractivity contribution in [2.45, 2.75) is 32.6 Å². The summed E-state index contributed by atoms with van der Waals surface area (Å²) in [6.07, 6.45) is 4.71. The number of hydrogen-bond acceptors (Lipinski definition) is 3. The van der Waals surface area contributed by atoms with E-state index in [4.69, 9.17) is 0 Å². The fourth-order valence-corrected chi connectivity index (χ4v) is 3.27. The second-order valence-electron chi connectivity index (χ2n) is 6.64. The molecule has 1 fully saturated rings. The number of benzene rings is 1. The molecular weight excluding hydrogens is 286 g/mol. The van der Waals surface area contributed by atoms with Crippen molar-refractivity contribution in [2.24, 2.45) is 5.92 Å². The highest BCUT2D eigenvalue weighted by atomic mass is 16.2. The molecule has 1 atom stereocenters. The number of hydrogen-bond donors (Lipinski definition) is 1. The molecule has 1 N–H and O–H groups in total. The number of carbonyl (C=O) groups excluding carboxylic acids is 1. The Morgan fingerprint density at radius 3 is 2.74 bits per heavy atom. The van der Waals surface area contributed by atoms with Crippen molar-refractivity contribution in [2.75, 3.05) is 45.2 Å². The maximum absolute atomic E-state index is 12.7. The SMILES string of the molecule is CCCCN(C)c1ccc(C(=O)N2CCCC(CNC)C2)cc1. The van der Waals surface area contributed by atoms with Gasteiger partial charge in [-0.2, -0.15) is 0 Å². The molecule has 0 saturated carbocycles. The Balaban J connectivity index is 1.96. The molecule has 128 valence electrons. The molecule has 1 unspecified atom stereocenters. The predicted octanol–water partition coefficient (Wildman–Crippen LogP) is 2.99. The van der Waals surface area contributed by atoms with Crippen LogP contribution in [0.25, 0.3) is 0 Å². The Morgan fingerprint density at radius 2 is 2.09 bits per heavy atom. The number of unbranched alkanes of at least 4 members (excludes halogenated alkanes) is 1. The van der Waals surface area contributed by atoms with E-state index >= 15 is 0 Å². The summed E-state index contributed by atoms with van der Waals surface area (Å²) < 4.78 is 0. The van der Waals surface area contributed by atoms with E-state index in [1.807, 2.05) is 24.1 Å². The number of carbonyl (C=O) groups is 1. The highest BCUT2D eigenvalue weighted by Gasteiger charge is 2.24. The fraction of sp³-hybridized carbons (Fsp3) is 0.632. The zero-order chi connectivity index (χ0) is 16.7. The first-order valence-corrected chi connectivity index (χ1v) is 8.90. The van der Waals surface area contributed by atoms with Gasteiger partial charge in [0.2, 0.25) is 0 Å². The Labute approximate surface area is 140 Å². The van der Waals surface area contributed by atoms with Gasteiger partial charge in [-0.15, -0.1) is 0 Å². The van der Waals surface area contributed by atoms with Gasteiger partial charge in [0.15, 0.2) is 0 Å². The van der Waals surface area contributed by atoms with Crippen LogP contribution in [-0.4, -0.2) is 51.1 Å². The van der Waals surface area contributed by atoms with Gasteiger partial charge in [-0.25, -0.2) is 0 Å². The average molecular weight is 317 g/mol. The number of rotatable bonds is 7. The minimum absolute atomic E-state index is 0.175. The summed E-state index contributed by atoms with van der Waals surface area (Å²) in [5, 5.41) is 3.23. The van der Waals surface area contributed by atoms with Crippen molar-refractivity contribution in [3.63, 3.8) is 0 Å². The minimum Gasteiger partial charge on any atom is -0.375 e. The Kier molecular flexibility index (Phi) is 6.90. The molecule has 0 radical (unpaired) electrons. The highest BCUT2D eigenvalue weighted by Crippen LogP contribution is 2.20. The Bertz CT molecular complexity index is 484. The largest absolute Gasteiger partial charge is 0.375 e. The maximum Gasteiger partial charge on any atom is 0.253 e. The summed E-state index contributed by atoms with van der Waals surface area (Å²) in [5.41, 5.74) is 1.99. The van der Waals surface area contributed by atoms with Crippen molar-refractivity contribution in [1.82, 2.24) is 10.2 Å². The lowest BCUT2D eigenvalue weighted by molar-refractivity contribution is 0.0674. The standard InChI is InChI=1S/C19H31N3O/c1-4-5-12-21(3)18-10-8-17(9-11-18)19(23)22-13-6-7-16(15-22)14-20-2/h8-11,16,20H,4-7,12-15H2,1-3H3. The molecule has 0 aromatic heterocycles. The number of nitrogens with one attached hydrogen (secondary N) is 1. The third-order valence-electron chi connectivity index (χ3n) is 4.70. The van der Waals surface area contributed by atoms with Gasteiger partial charge in [-0.1, -0.05) is 13.3 Å². The summed E-state index contributed by atoms with van der Waals surface area (Å²) in [6.45, 7) is 6.01. The molecule has 1 amide bonds. The molecule has 0 spiro atoms. The smallest absolute Gasteiger partial charge is 0.253 e. The van der Waals surface area contributed by atoms with E-state index in [0.29, 0.717) is 5.92 Å². The average Bonchev–Trinajstić information content (AvgIpc) is 2.59. The summed E-state index contributed by atoms with van der Waals surface area (Å²) in [4.78, 5) is 17.0. The van der Waals surface area contributed by atoms with Crippen LogP contribution in [0.5, 0.6) is 0 Å². The third kappa shape index (κ3) is 4.96. The van der Waals surface area contributed by atoms with Gasteiger partial charge in [0, 0.05) is 37.9 Å². The van der Waals surface area contributed by atoms with Gasteiger partial charge in [0.25, 0.3) is 5.91 Å². The quantitative estimate of drug-likeness (QED) is 0.840. The second kappa shape index (κ2) is 8.92. The second-order valence-corrected chi connectivity index (χ2v) is 6.64. The first kappa shape index (κ1) is 17.8. The molecule has 1 heterocycles. The highest BCUT2D eigenvalue weighted by molar-refractivity contribution is 5.94. The third-order valence-corrected chi connectivity index (χ3v) is 4.70. The number of anilines is 1. The predicted molar refractivity (Wildman–Crippen MR) is 97.2 cm³/mol. The normalized spacial score (nSPS) is 18.0. The zero-order valence-electron chi connectivity index (χ0n) is 14.8. The molecule has 0 aliphatic carbocycles. The van der Waals surface area contributed by atoms with Crippen molar-refractivity contribution in [1.29, 1.82) is 0 Å². The van der Waals surface area contributed by atoms with Crippen LogP contribution >= 0.6 is 0 Å². The monoisotopic (exact) mass is 317 g/mol. The lowest BCUT2D eigenvalue weighted by Crippen LogP contribution is -2.42. The van der Waals surface area contributed by atoms with Crippen LogP contribution in [-0.2, 0) is 0 Å². The van der Waals surface area contributed by atoms with Crippen LogP contribution in [0.3, 0.4) is 0 Å². The molecule has 23 heavy (non-hydrogen) atoms. The molecule has 1 saturated heterocycles. The molecular formula is C19H31N3O. The van der Waals surface area contributed by atoms with Gasteiger partial charge in [-0.05, 0) is 63.0 Å². The van der Waals surface area contributed by atoms with Crippen LogP contribution in [0.2, 0.25) is 0 Å². The van der Waals surface area contributed by atoms with Gasteiger partial charge in [0.05, 0.1) is 0 Å².